The van der Waals surface area contributed by atoms with Crippen molar-refractivity contribution < 1.29 is 0 Å². The van der Waals surface area contributed by atoms with E-state index >= 15 is 0 Å². The molecule has 0 amide bonds. The number of hydrogen-bond donors (Lipinski definition) is 1. The highest BCUT2D eigenvalue weighted by molar-refractivity contribution is 6.30. The first-order chi connectivity index (χ1) is 5.72. The van der Waals surface area contributed by atoms with Gasteiger partial charge < -0.3 is 5.73 Å². The van der Waals surface area contributed by atoms with Gasteiger partial charge in [-0.2, -0.15) is 0 Å². The summed E-state index contributed by atoms with van der Waals surface area (Å²) in [6.07, 6.45) is 2.05. The Hall–Kier alpha value is -0.790. The Kier molecular flexibility index (Phi) is 3.32. The first-order valence-corrected chi connectivity index (χ1v) is 4.23. The summed E-state index contributed by atoms with van der Waals surface area (Å²) in [5.41, 5.74) is 7.76. The van der Waals surface area contributed by atoms with Gasteiger partial charge in [0.15, 0.2) is 0 Å². The van der Waals surface area contributed by atoms with Crippen LogP contribution < -0.4 is 5.73 Å². The van der Waals surface area contributed by atoms with E-state index in [0.717, 1.165) is 16.2 Å². The predicted octanol–water partition coefficient (Wildman–Crippen LogP) is 2.70. The van der Waals surface area contributed by atoms with Crippen LogP contribution in [0.25, 0.3) is 6.08 Å². The molecule has 0 unspecified atom stereocenters. The summed E-state index contributed by atoms with van der Waals surface area (Å²) >= 11 is 5.74. The van der Waals surface area contributed by atoms with E-state index in [1.54, 1.807) is 0 Å². The standard InChI is InChI=1S/C10H12ClN/c1-8(7-12)6-9-2-4-10(11)5-3-9/h2-6H,7,12H2,1H3. The lowest BCUT2D eigenvalue weighted by Gasteiger charge is -1.96. The number of hydrogen-bond acceptors (Lipinski definition) is 1. The molecule has 0 aliphatic heterocycles. The summed E-state index contributed by atoms with van der Waals surface area (Å²) < 4.78 is 0. The molecule has 2 N–H and O–H groups in total. The van der Waals surface area contributed by atoms with Crippen molar-refractivity contribution in [2.75, 3.05) is 6.54 Å². The van der Waals surface area contributed by atoms with Gasteiger partial charge in [-0.3, -0.25) is 0 Å². The maximum absolute atomic E-state index is 5.74. The molecule has 0 radical (unpaired) electrons. The van der Waals surface area contributed by atoms with E-state index < -0.39 is 0 Å². The van der Waals surface area contributed by atoms with Gasteiger partial charge >= 0.3 is 0 Å². The van der Waals surface area contributed by atoms with Gasteiger partial charge in [0, 0.05) is 11.6 Å². The van der Waals surface area contributed by atoms with Crippen LogP contribution >= 0.6 is 11.6 Å². The molecule has 64 valence electrons. The van der Waals surface area contributed by atoms with Crippen molar-refractivity contribution in [1.82, 2.24) is 0 Å². The van der Waals surface area contributed by atoms with Crippen molar-refractivity contribution in [1.29, 1.82) is 0 Å². The second-order valence-corrected chi connectivity index (χ2v) is 3.18. The van der Waals surface area contributed by atoms with Crippen LogP contribution in [-0.4, -0.2) is 6.54 Å². The molecule has 0 aromatic heterocycles. The van der Waals surface area contributed by atoms with Gasteiger partial charge in [0.2, 0.25) is 0 Å². The number of nitrogens with two attached hydrogens (primary N) is 1. The Bertz CT molecular complexity index is 274. The molecule has 0 saturated carbocycles. The zero-order valence-electron chi connectivity index (χ0n) is 7.05. The highest BCUT2D eigenvalue weighted by Crippen LogP contribution is 2.11. The van der Waals surface area contributed by atoms with Crippen LogP contribution in [0.15, 0.2) is 29.8 Å². The fraction of sp³-hybridized carbons (Fsp3) is 0.200. The Morgan fingerprint density at radius 1 is 1.42 bits per heavy atom. The van der Waals surface area contributed by atoms with Gasteiger partial charge in [0.25, 0.3) is 0 Å². The van der Waals surface area contributed by atoms with Gasteiger partial charge in [-0.25, -0.2) is 0 Å². The zero-order valence-corrected chi connectivity index (χ0v) is 7.81. The smallest absolute Gasteiger partial charge is 0.0406 e. The topological polar surface area (TPSA) is 26.0 Å². The lowest BCUT2D eigenvalue weighted by Crippen LogP contribution is -1.99. The molecule has 1 rings (SSSR count). The molecule has 1 aromatic carbocycles. The maximum atomic E-state index is 5.74. The van der Waals surface area contributed by atoms with Crippen molar-refractivity contribution in [2.24, 2.45) is 5.73 Å². The van der Waals surface area contributed by atoms with Crippen LogP contribution in [0.1, 0.15) is 12.5 Å². The van der Waals surface area contributed by atoms with Crippen molar-refractivity contribution in [3.8, 4) is 0 Å². The van der Waals surface area contributed by atoms with E-state index in [4.69, 9.17) is 17.3 Å². The molecule has 0 saturated heterocycles. The SMILES string of the molecule is CC(=Cc1ccc(Cl)cc1)CN. The Labute approximate surface area is 77.8 Å². The van der Waals surface area contributed by atoms with Crippen LogP contribution in [-0.2, 0) is 0 Å². The number of benzene rings is 1. The van der Waals surface area contributed by atoms with Crippen LogP contribution in [0.5, 0.6) is 0 Å². The molecule has 0 atom stereocenters. The summed E-state index contributed by atoms with van der Waals surface area (Å²) in [4.78, 5) is 0. The minimum Gasteiger partial charge on any atom is -0.327 e. The Balaban J connectivity index is 2.84. The second-order valence-electron chi connectivity index (χ2n) is 2.75. The minimum atomic E-state index is 0.600. The average Bonchev–Trinajstić information content (AvgIpc) is 2.09. The van der Waals surface area contributed by atoms with E-state index in [9.17, 15) is 0 Å². The normalized spacial score (nSPS) is 11.8. The number of rotatable bonds is 2. The van der Waals surface area contributed by atoms with E-state index in [-0.39, 0.29) is 0 Å². The monoisotopic (exact) mass is 181 g/mol. The molecule has 1 nitrogen and oxygen atoms in total. The fourth-order valence-corrected chi connectivity index (χ4v) is 1.03. The highest BCUT2D eigenvalue weighted by atomic mass is 35.5. The molecule has 0 heterocycles. The first-order valence-electron chi connectivity index (χ1n) is 3.85. The maximum Gasteiger partial charge on any atom is 0.0406 e. The third-order valence-electron chi connectivity index (χ3n) is 1.61. The molecule has 0 bridgehead atoms. The van der Waals surface area contributed by atoms with E-state index in [1.807, 2.05) is 31.2 Å². The number of halogens is 1. The summed E-state index contributed by atoms with van der Waals surface area (Å²) in [6.45, 7) is 2.61. The van der Waals surface area contributed by atoms with Crippen molar-refractivity contribution in [3.63, 3.8) is 0 Å². The first kappa shape index (κ1) is 9.30. The van der Waals surface area contributed by atoms with Crippen molar-refractivity contribution in [2.45, 2.75) is 6.92 Å². The lowest BCUT2D eigenvalue weighted by atomic mass is 10.1. The predicted molar refractivity (Wildman–Crippen MR) is 54.2 cm³/mol. The molecule has 0 fully saturated rings. The molecule has 1 aromatic rings. The molecule has 0 aliphatic carbocycles. The zero-order chi connectivity index (χ0) is 8.97. The molecule has 0 spiro atoms. The molecular formula is C10H12ClN. The fourth-order valence-electron chi connectivity index (χ4n) is 0.902. The molecular weight excluding hydrogens is 170 g/mol. The second kappa shape index (κ2) is 4.29. The van der Waals surface area contributed by atoms with E-state index in [2.05, 4.69) is 6.08 Å². The van der Waals surface area contributed by atoms with E-state index in [0.29, 0.717) is 6.54 Å². The molecule has 12 heavy (non-hydrogen) atoms. The van der Waals surface area contributed by atoms with Crippen LogP contribution in [0.3, 0.4) is 0 Å². The summed E-state index contributed by atoms with van der Waals surface area (Å²) in [5.74, 6) is 0. The van der Waals surface area contributed by atoms with Gasteiger partial charge in [-0.15, -0.1) is 0 Å². The Morgan fingerprint density at radius 3 is 2.50 bits per heavy atom. The summed E-state index contributed by atoms with van der Waals surface area (Å²) in [5, 5.41) is 0.762. The third kappa shape index (κ3) is 2.68. The van der Waals surface area contributed by atoms with Crippen LogP contribution in [0.2, 0.25) is 5.02 Å². The quantitative estimate of drug-likeness (QED) is 0.746. The van der Waals surface area contributed by atoms with Crippen molar-refractivity contribution in [3.05, 3.63) is 40.4 Å². The summed E-state index contributed by atoms with van der Waals surface area (Å²) in [7, 11) is 0. The molecule has 0 aliphatic rings. The van der Waals surface area contributed by atoms with Gasteiger partial charge in [-0.1, -0.05) is 35.4 Å². The van der Waals surface area contributed by atoms with Gasteiger partial charge in [-0.05, 0) is 24.6 Å². The van der Waals surface area contributed by atoms with Crippen LogP contribution in [0.4, 0.5) is 0 Å². The lowest BCUT2D eigenvalue weighted by molar-refractivity contribution is 1.15. The minimum absolute atomic E-state index is 0.600. The third-order valence-corrected chi connectivity index (χ3v) is 1.86. The Morgan fingerprint density at radius 2 is 2.00 bits per heavy atom. The highest BCUT2D eigenvalue weighted by Gasteiger charge is 1.89. The van der Waals surface area contributed by atoms with E-state index in [1.165, 1.54) is 0 Å². The van der Waals surface area contributed by atoms with Gasteiger partial charge in [0.05, 0.1) is 0 Å². The van der Waals surface area contributed by atoms with Gasteiger partial charge in [0.1, 0.15) is 0 Å². The van der Waals surface area contributed by atoms with Crippen molar-refractivity contribution >= 4 is 17.7 Å². The van der Waals surface area contributed by atoms with Crippen LogP contribution in [0, 0.1) is 0 Å². The average molecular weight is 182 g/mol. The molecule has 2 heteroatoms. The largest absolute Gasteiger partial charge is 0.327 e. The summed E-state index contributed by atoms with van der Waals surface area (Å²) in [6, 6.07) is 7.69.